The maximum absolute atomic E-state index is 11.8. The largest absolute Gasteiger partial charge is 0.493 e. The zero-order chi connectivity index (χ0) is 15.9. The van der Waals surface area contributed by atoms with E-state index in [1.54, 1.807) is 11.9 Å². The molecule has 1 aromatic carbocycles. The van der Waals surface area contributed by atoms with Crippen molar-refractivity contribution in [3.8, 4) is 11.8 Å². The molecule has 0 unspecified atom stereocenters. The van der Waals surface area contributed by atoms with Crippen molar-refractivity contribution in [3.05, 3.63) is 29.8 Å². The molecule has 0 fully saturated rings. The molecular formula is C17H24N2O2. The summed E-state index contributed by atoms with van der Waals surface area (Å²) in [6, 6.07) is 10.0. The molecule has 1 rings (SSSR count). The van der Waals surface area contributed by atoms with Gasteiger partial charge in [0.15, 0.2) is 0 Å². The molecule has 0 bridgehead atoms. The molecule has 0 aromatic heterocycles. The normalized spacial score (nSPS) is 10.8. The molecule has 0 saturated carbocycles. The van der Waals surface area contributed by atoms with Gasteiger partial charge in [0.25, 0.3) is 0 Å². The number of nitriles is 1. The summed E-state index contributed by atoms with van der Waals surface area (Å²) >= 11 is 0. The zero-order valence-electron chi connectivity index (χ0n) is 13.3. The second kappa shape index (κ2) is 7.68. The van der Waals surface area contributed by atoms with Gasteiger partial charge in [0, 0.05) is 13.6 Å². The third-order valence-corrected chi connectivity index (χ3v) is 3.29. The van der Waals surface area contributed by atoms with E-state index in [4.69, 9.17) is 10.00 Å². The van der Waals surface area contributed by atoms with Gasteiger partial charge < -0.3 is 9.64 Å². The number of nitrogens with zero attached hydrogens (tertiary/aromatic N) is 2. The van der Waals surface area contributed by atoms with E-state index in [1.165, 1.54) is 5.56 Å². The van der Waals surface area contributed by atoms with Gasteiger partial charge >= 0.3 is 0 Å². The third kappa shape index (κ3) is 5.86. The van der Waals surface area contributed by atoms with E-state index in [9.17, 15) is 4.79 Å². The molecule has 0 aliphatic rings. The lowest BCUT2D eigenvalue weighted by molar-refractivity contribution is -0.130. The number of hydrogen-bond donors (Lipinski definition) is 0. The molecule has 0 aliphatic carbocycles. The summed E-state index contributed by atoms with van der Waals surface area (Å²) in [7, 11) is 1.71. The number of hydrogen-bond acceptors (Lipinski definition) is 3. The highest BCUT2D eigenvalue weighted by molar-refractivity contribution is 5.75. The van der Waals surface area contributed by atoms with Crippen LogP contribution in [0.1, 0.15) is 39.2 Å². The minimum Gasteiger partial charge on any atom is -0.493 e. The predicted molar refractivity (Wildman–Crippen MR) is 83.1 cm³/mol. The topological polar surface area (TPSA) is 53.3 Å². The van der Waals surface area contributed by atoms with E-state index >= 15 is 0 Å². The smallest absolute Gasteiger partial charge is 0.225 e. The molecule has 0 atom stereocenters. The number of rotatable bonds is 6. The van der Waals surface area contributed by atoms with Crippen LogP contribution in [0.25, 0.3) is 0 Å². The Bertz CT molecular complexity index is 495. The van der Waals surface area contributed by atoms with Gasteiger partial charge in [-0.15, -0.1) is 0 Å². The number of carbonyl (C=O) groups is 1. The second-order valence-corrected chi connectivity index (χ2v) is 6.10. The Balaban J connectivity index is 2.39. The molecule has 0 heterocycles. The Hall–Kier alpha value is -2.02. The van der Waals surface area contributed by atoms with Crippen molar-refractivity contribution in [2.75, 3.05) is 20.2 Å². The Kier molecular flexibility index (Phi) is 6.23. The average molecular weight is 288 g/mol. The van der Waals surface area contributed by atoms with Gasteiger partial charge in [0.2, 0.25) is 5.91 Å². The van der Waals surface area contributed by atoms with Gasteiger partial charge in [0.1, 0.15) is 5.75 Å². The fourth-order valence-electron chi connectivity index (χ4n) is 1.84. The van der Waals surface area contributed by atoms with Crippen LogP contribution >= 0.6 is 0 Å². The summed E-state index contributed by atoms with van der Waals surface area (Å²) in [5.41, 5.74) is 1.37. The SMILES string of the molecule is CN(CCC#N)C(=O)CCOc1ccc(C(C)(C)C)cc1. The first-order valence-electron chi connectivity index (χ1n) is 7.19. The first kappa shape index (κ1) is 17.0. The highest BCUT2D eigenvalue weighted by Crippen LogP contribution is 2.24. The average Bonchev–Trinajstić information content (AvgIpc) is 2.44. The molecule has 4 nitrogen and oxygen atoms in total. The van der Waals surface area contributed by atoms with Gasteiger partial charge in [-0.2, -0.15) is 5.26 Å². The first-order valence-corrected chi connectivity index (χ1v) is 7.19. The van der Waals surface area contributed by atoms with E-state index in [1.807, 2.05) is 18.2 Å². The fourth-order valence-corrected chi connectivity index (χ4v) is 1.84. The molecular weight excluding hydrogens is 264 g/mol. The highest BCUT2D eigenvalue weighted by atomic mass is 16.5. The number of carbonyl (C=O) groups excluding carboxylic acids is 1. The summed E-state index contributed by atoms with van der Waals surface area (Å²) in [5.74, 6) is 0.770. The van der Waals surface area contributed by atoms with E-state index in [2.05, 4.69) is 32.9 Å². The molecule has 1 aromatic rings. The fraction of sp³-hybridized carbons (Fsp3) is 0.529. The monoisotopic (exact) mass is 288 g/mol. The molecule has 0 aliphatic heterocycles. The van der Waals surface area contributed by atoms with E-state index in [0.29, 0.717) is 26.0 Å². The highest BCUT2D eigenvalue weighted by Gasteiger charge is 2.13. The van der Waals surface area contributed by atoms with Crippen LogP contribution in [0.5, 0.6) is 5.75 Å². The molecule has 4 heteroatoms. The van der Waals surface area contributed by atoms with Crippen LogP contribution in [0.15, 0.2) is 24.3 Å². The van der Waals surface area contributed by atoms with Crippen LogP contribution < -0.4 is 4.74 Å². The lowest BCUT2D eigenvalue weighted by Gasteiger charge is -2.19. The van der Waals surface area contributed by atoms with Crippen molar-refractivity contribution < 1.29 is 9.53 Å². The quantitative estimate of drug-likeness (QED) is 0.808. The Labute approximate surface area is 127 Å². The van der Waals surface area contributed by atoms with Crippen LogP contribution in [0.3, 0.4) is 0 Å². The molecule has 0 radical (unpaired) electrons. The molecule has 0 saturated heterocycles. The minimum absolute atomic E-state index is 0.00318. The lowest BCUT2D eigenvalue weighted by Crippen LogP contribution is -2.28. The van der Waals surface area contributed by atoms with Crippen molar-refractivity contribution >= 4 is 5.91 Å². The Morgan fingerprint density at radius 1 is 1.29 bits per heavy atom. The maximum Gasteiger partial charge on any atom is 0.225 e. The standard InChI is InChI=1S/C17H24N2O2/c1-17(2,3)14-6-8-15(9-7-14)21-13-10-16(20)19(4)12-5-11-18/h6-9H,5,10,12-13H2,1-4H3. The summed E-state index contributed by atoms with van der Waals surface area (Å²) in [4.78, 5) is 13.3. The number of amides is 1. The molecule has 0 N–H and O–H groups in total. The Morgan fingerprint density at radius 3 is 2.43 bits per heavy atom. The number of benzene rings is 1. The van der Waals surface area contributed by atoms with Gasteiger partial charge in [-0.1, -0.05) is 32.9 Å². The van der Waals surface area contributed by atoms with Gasteiger partial charge in [0.05, 0.1) is 25.5 Å². The number of ether oxygens (including phenoxy) is 1. The van der Waals surface area contributed by atoms with E-state index in [0.717, 1.165) is 5.75 Å². The third-order valence-electron chi connectivity index (χ3n) is 3.29. The van der Waals surface area contributed by atoms with Crippen LogP contribution in [0.2, 0.25) is 0 Å². The van der Waals surface area contributed by atoms with E-state index in [-0.39, 0.29) is 11.3 Å². The van der Waals surface area contributed by atoms with Crippen molar-refractivity contribution in [3.63, 3.8) is 0 Å². The Morgan fingerprint density at radius 2 is 1.90 bits per heavy atom. The van der Waals surface area contributed by atoms with Crippen LogP contribution in [0, 0.1) is 11.3 Å². The van der Waals surface area contributed by atoms with Crippen molar-refractivity contribution in [2.24, 2.45) is 0 Å². The van der Waals surface area contributed by atoms with Crippen LogP contribution in [-0.2, 0) is 10.2 Å². The van der Waals surface area contributed by atoms with Gasteiger partial charge in [-0.05, 0) is 23.1 Å². The first-order chi connectivity index (χ1) is 9.84. The van der Waals surface area contributed by atoms with E-state index < -0.39 is 0 Å². The molecule has 114 valence electrons. The summed E-state index contributed by atoms with van der Waals surface area (Å²) in [6.07, 6.45) is 0.681. The summed E-state index contributed by atoms with van der Waals surface area (Å²) in [5, 5.41) is 8.49. The van der Waals surface area contributed by atoms with Crippen LogP contribution in [-0.4, -0.2) is 31.0 Å². The van der Waals surface area contributed by atoms with Gasteiger partial charge in [-0.3, -0.25) is 4.79 Å². The minimum atomic E-state index is -0.00318. The molecule has 1 amide bonds. The van der Waals surface area contributed by atoms with Crippen molar-refractivity contribution in [2.45, 2.75) is 39.0 Å². The predicted octanol–water partition coefficient (Wildman–Crippen LogP) is 3.13. The maximum atomic E-state index is 11.8. The van der Waals surface area contributed by atoms with Crippen molar-refractivity contribution in [1.82, 2.24) is 4.90 Å². The second-order valence-electron chi connectivity index (χ2n) is 6.10. The molecule has 0 spiro atoms. The van der Waals surface area contributed by atoms with Gasteiger partial charge in [-0.25, -0.2) is 0 Å². The van der Waals surface area contributed by atoms with Crippen LogP contribution in [0.4, 0.5) is 0 Å². The zero-order valence-corrected chi connectivity index (χ0v) is 13.3. The summed E-state index contributed by atoms with van der Waals surface area (Å²) in [6.45, 7) is 7.32. The van der Waals surface area contributed by atoms with Crippen molar-refractivity contribution in [1.29, 1.82) is 5.26 Å². The lowest BCUT2D eigenvalue weighted by atomic mass is 9.87. The molecule has 21 heavy (non-hydrogen) atoms. The summed E-state index contributed by atoms with van der Waals surface area (Å²) < 4.78 is 5.59.